The summed E-state index contributed by atoms with van der Waals surface area (Å²) in [4.78, 5) is 21.3. The Labute approximate surface area is 113 Å². The second-order valence-electron chi connectivity index (χ2n) is 3.61. The van der Waals surface area contributed by atoms with Crippen LogP contribution in [0.4, 0.5) is 5.69 Å². The molecule has 0 bridgehead atoms. The van der Waals surface area contributed by atoms with Gasteiger partial charge in [-0.25, -0.2) is 5.43 Å². The molecule has 1 aromatic rings. The Bertz CT molecular complexity index is 508. The van der Waals surface area contributed by atoms with Crippen LogP contribution in [0.1, 0.15) is 5.56 Å². The van der Waals surface area contributed by atoms with Gasteiger partial charge in [0.2, 0.25) is 0 Å². The van der Waals surface area contributed by atoms with Crippen molar-refractivity contribution < 1.29 is 14.8 Å². The molecule has 19 heavy (non-hydrogen) atoms. The van der Waals surface area contributed by atoms with Crippen molar-refractivity contribution >= 4 is 29.0 Å². The van der Waals surface area contributed by atoms with E-state index in [1.807, 2.05) is 0 Å². The lowest BCUT2D eigenvalue weighted by Gasteiger charge is -2.15. The minimum absolute atomic E-state index is 0.0813. The average molecular weight is 284 g/mol. The molecule has 0 saturated heterocycles. The number of thiocarbonyl (C=S) groups is 1. The Kier molecular flexibility index (Phi) is 5.15. The molecule has 0 aliphatic carbocycles. The number of nitro benzene ring substituents is 1. The number of hydrazine groups is 1. The number of hydrogen-bond acceptors (Lipinski definition) is 5. The molecule has 1 atom stereocenters. The fraction of sp³-hybridized carbons (Fsp3) is 0.200. The van der Waals surface area contributed by atoms with Gasteiger partial charge in [-0.1, -0.05) is 18.2 Å². The number of carboxylic acids is 1. The molecule has 0 heterocycles. The van der Waals surface area contributed by atoms with Crippen LogP contribution in [0.2, 0.25) is 0 Å². The number of carboxylic acid groups (broad SMARTS) is 1. The quantitative estimate of drug-likeness (QED) is 0.324. The fourth-order valence-electron chi connectivity index (χ4n) is 1.44. The van der Waals surface area contributed by atoms with Gasteiger partial charge in [-0.3, -0.25) is 20.3 Å². The first-order chi connectivity index (χ1) is 8.91. The molecular weight excluding hydrogens is 272 g/mol. The highest BCUT2D eigenvalue weighted by Crippen LogP contribution is 2.19. The van der Waals surface area contributed by atoms with Gasteiger partial charge in [0.1, 0.15) is 6.04 Å². The summed E-state index contributed by atoms with van der Waals surface area (Å²) in [6.07, 6.45) is -0.0813. The van der Waals surface area contributed by atoms with Gasteiger partial charge < -0.3 is 10.8 Å². The highest BCUT2D eigenvalue weighted by Gasteiger charge is 2.22. The van der Waals surface area contributed by atoms with Crippen molar-refractivity contribution in [3.05, 3.63) is 39.9 Å². The molecule has 102 valence electrons. The van der Waals surface area contributed by atoms with Gasteiger partial charge in [0.15, 0.2) is 5.11 Å². The molecule has 1 unspecified atom stereocenters. The molecule has 0 fully saturated rings. The molecule has 0 radical (unpaired) electrons. The number of para-hydroxylation sites is 1. The van der Waals surface area contributed by atoms with E-state index in [4.69, 9.17) is 10.8 Å². The summed E-state index contributed by atoms with van der Waals surface area (Å²) in [5.74, 6) is -1.18. The third-order valence-corrected chi connectivity index (χ3v) is 2.38. The van der Waals surface area contributed by atoms with Crippen LogP contribution in [0, 0.1) is 10.1 Å². The second-order valence-corrected chi connectivity index (χ2v) is 4.05. The lowest BCUT2D eigenvalue weighted by molar-refractivity contribution is -0.385. The van der Waals surface area contributed by atoms with Crippen molar-refractivity contribution in [3.8, 4) is 0 Å². The number of nitrogens with two attached hydrogens (primary N) is 1. The number of hydrogen-bond donors (Lipinski definition) is 4. The number of nitrogens with zero attached hydrogens (tertiary/aromatic N) is 1. The predicted molar refractivity (Wildman–Crippen MR) is 71.3 cm³/mol. The lowest BCUT2D eigenvalue weighted by atomic mass is 10.0. The number of rotatable bonds is 6. The van der Waals surface area contributed by atoms with Crippen LogP contribution in [-0.2, 0) is 11.2 Å². The van der Waals surface area contributed by atoms with Gasteiger partial charge in [-0.15, -0.1) is 0 Å². The zero-order chi connectivity index (χ0) is 14.4. The van der Waals surface area contributed by atoms with Crippen LogP contribution in [0.3, 0.4) is 0 Å². The smallest absolute Gasteiger partial charge is 0.322 e. The SMILES string of the molecule is NC(=S)NNC(Cc1ccccc1[N+](=O)[O-])C(=O)O. The molecule has 9 heteroatoms. The number of nitro groups is 1. The number of aliphatic carboxylic acids is 1. The van der Waals surface area contributed by atoms with Crippen LogP contribution in [0.5, 0.6) is 0 Å². The second kappa shape index (κ2) is 6.61. The highest BCUT2D eigenvalue weighted by atomic mass is 32.1. The van der Waals surface area contributed by atoms with E-state index in [0.717, 1.165) is 0 Å². The number of carbonyl (C=O) groups is 1. The summed E-state index contributed by atoms with van der Waals surface area (Å²) in [5.41, 5.74) is 10.0. The van der Waals surface area contributed by atoms with E-state index in [1.165, 1.54) is 18.2 Å². The van der Waals surface area contributed by atoms with Gasteiger partial charge in [0.05, 0.1) is 4.92 Å². The Hall–Kier alpha value is -2.26. The first-order valence-corrected chi connectivity index (χ1v) is 5.58. The molecule has 0 spiro atoms. The normalized spacial score (nSPS) is 11.6. The Balaban J connectivity index is 2.87. The summed E-state index contributed by atoms with van der Waals surface area (Å²) in [5, 5.41) is 19.7. The summed E-state index contributed by atoms with van der Waals surface area (Å²) in [7, 11) is 0. The molecular formula is C10H12N4O4S. The monoisotopic (exact) mass is 284 g/mol. The maximum absolute atomic E-state index is 11.0. The topological polar surface area (TPSA) is 131 Å². The van der Waals surface area contributed by atoms with Gasteiger partial charge in [0.25, 0.3) is 5.69 Å². The van der Waals surface area contributed by atoms with E-state index in [9.17, 15) is 14.9 Å². The molecule has 1 aromatic carbocycles. The average Bonchev–Trinajstić information content (AvgIpc) is 2.34. The van der Waals surface area contributed by atoms with Crippen LogP contribution in [-0.4, -0.2) is 27.2 Å². The summed E-state index contributed by atoms with van der Waals surface area (Å²) >= 11 is 4.54. The van der Waals surface area contributed by atoms with E-state index < -0.39 is 16.9 Å². The fourth-order valence-corrected chi connectivity index (χ4v) is 1.50. The third kappa shape index (κ3) is 4.48. The minimum Gasteiger partial charge on any atom is -0.480 e. The van der Waals surface area contributed by atoms with E-state index in [1.54, 1.807) is 6.07 Å². The van der Waals surface area contributed by atoms with E-state index >= 15 is 0 Å². The lowest BCUT2D eigenvalue weighted by Crippen LogP contribution is -2.50. The maximum atomic E-state index is 11.0. The molecule has 0 aliphatic heterocycles. The van der Waals surface area contributed by atoms with Crippen molar-refractivity contribution in [1.82, 2.24) is 10.9 Å². The van der Waals surface area contributed by atoms with Crippen LogP contribution < -0.4 is 16.6 Å². The summed E-state index contributed by atoms with van der Waals surface area (Å²) < 4.78 is 0. The van der Waals surface area contributed by atoms with Crippen molar-refractivity contribution in [2.45, 2.75) is 12.5 Å². The Morgan fingerprint density at radius 3 is 2.68 bits per heavy atom. The standard InChI is InChI=1S/C10H12N4O4S/c11-10(19)13-12-7(9(15)16)5-6-3-1-2-4-8(6)14(17)18/h1-4,7,12H,5H2,(H,15,16)(H3,11,13,19). The maximum Gasteiger partial charge on any atom is 0.322 e. The van der Waals surface area contributed by atoms with E-state index in [-0.39, 0.29) is 17.2 Å². The molecule has 8 nitrogen and oxygen atoms in total. The Morgan fingerprint density at radius 2 is 2.16 bits per heavy atom. The number of nitrogens with one attached hydrogen (secondary N) is 2. The van der Waals surface area contributed by atoms with Gasteiger partial charge in [-0.2, -0.15) is 0 Å². The van der Waals surface area contributed by atoms with Crippen LogP contribution in [0.15, 0.2) is 24.3 Å². The predicted octanol–water partition coefficient (Wildman–Crippen LogP) is -0.0717. The first-order valence-electron chi connectivity index (χ1n) is 5.18. The largest absolute Gasteiger partial charge is 0.480 e. The van der Waals surface area contributed by atoms with Gasteiger partial charge >= 0.3 is 5.97 Å². The van der Waals surface area contributed by atoms with Crippen molar-refractivity contribution in [1.29, 1.82) is 0 Å². The zero-order valence-electron chi connectivity index (χ0n) is 9.70. The minimum atomic E-state index is -1.18. The molecule has 0 aromatic heterocycles. The zero-order valence-corrected chi connectivity index (χ0v) is 10.5. The molecule has 0 amide bonds. The third-order valence-electron chi connectivity index (χ3n) is 2.28. The van der Waals surface area contributed by atoms with Crippen molar-refractivity contribution in [2.75, 3.05) is 0 Å². The van der Waals surface area contributed by atoms with Crippen LogP contribution >= 0.6 is 12.2 Å². The molecule has 5 N–H and O–H groups in total. The van der Waals surface area contributed by atoms with Crippen molar-refractivity contribution in [3.63, 3.8) is 0 Å². The number of benzene rings is 1. The van der Waals surface area contributed by atoms with E-state index in [0.29, 0.717) is 5.56 Å². The Morgan fingerprint density at radius 1 is 1.53 bits per heavy atom. The van der Waals surface area contributed by atoms with Crippen LogP contribution in [0.25, 0.3) is 0 Å². The molecule has 0 saturated carbocycles. The summed E-state index contributed by atoms with van der Waals surface area (Å²) in [6, 6.07) is 4.83. The molecule has 1 rings (SSSR count). The summed E-state index contributed by atoms with van der Waals surface area (Å²) in [6.45, 7) is 0. The first kappa shape index (κ1) is 14.8. The van der Waals surface area contributed by atoms with E-state index in [2.05, 4.69) is 23.1 Å². The van der Waals surface area contributed by atoms with Crippen molar-refractivity contribution in [2.24, 2.45) is 5.73 Å². The van der Waals surface area contributed by atoms with Gasteiger partial charge in [0, 0.05) is 18.1 Å². The molecule has 0 aliphatic rings. The van der Waals surface area contributed by atoms with Gasteiger partial charge in [-0.05, 0) is 12.2 Å². The highest BCUT2D eigenvalue weighted by molar-refractivity contribution is 7.80.